The number of hydrogen-bond donors (Lipinski definition) is 0. The zero-order valence-electron chi connectivity index (χ0n) is 14.5. The molecule has 22 heavy (non-hydrogen) atoms. The highest BCUT2D eigenvalue weighted by atomic mass is 16.5. The minimum atomic E-state index is 0.267. The van der Waals surface area contributed by atoms with E-state index in [-0.39, 0.29) is 5.92 Å². The molecule has 0 aromatic carbocycles. The van der Waals surface area contributed by atoms with E-state index in [1.165, 1.54) is 25.7 Å². The van der Waals surface area contributed by atoms with Crippen molar-refractivity contribution in [3.8, 4) is 0 Å². The van der Waals surface area contributed by atoms with Crippen molar-refractivity contribution in [1.82, 2.24) is 9.80 Å². The molecule has 2 bridgehead atoms. The quantitative estimate of drug-likeness (QED) is 0.800. The normalized spacial score (nSPS) is 32.4. The highest BCUT2D eigenvalue weighted by Gasteiger charge is 2.47. The molecule has 3 fully saturated rings. The van der Waals surface area contributed by atoms with Gasteiger partial charge in [-0.3, -0.25) is 4.79 Å². The lowest BCUT2D eigenvalue weighted by Gasteiger charge is -2.45. The number of carbonyl (C=O) groups is 1. The minimum absolute atomic E-state index is 0.267. The van der Waals surface area contributed by atoms with Gasteiger partial charge in [0.25, 0.3) is 0 Å². The number of carbonyl (C=O) groups excluding carboxylic acids is 1. The van der Waals surface area contributed by atoms with Gasteiger partial charge in [0.1, 0.15) is 0 Å². The molecule has 3 aliphatic rings. The molecule has 0 spiro atoms. The van der Waals surface area contributed by atoms with E-state index < -0.39 is 0 Å². The van der Waals surface area contributed by atoms with Crippen LogP contribution in [-0.4, -0.2) is 61.1 Å². The summed E-state index contributed by atoms with van der Waals surface area (Å²) in [6.07, 6.45) is 6.91. The average Bonchev–Trinajstić information content (AvgIpc) is 2.77. The van der Waals surface area contributed by atoms with Gasteiger partial charge in [0, 0.05) is 31.7 Å². The number of ether oxygens (including phenoxy) is 1. The van der Waals surface area contributed by atoms with E-state index in [1.54, 1.807) is 7.11 Å². The third-order valence-corrected chi connectivity index (χ3v) is 6.00. The number of hydrogen-bond acceptors (Lipinski definition) is 3. The molecular formula is C18H32N2O2. The van der Waals surface area contributed by atoms with E-state index in [4.69, 9.17) is 4.74 Å². The molecule has 0 N–H and O–H groups in total. The molecule has 4 heteroatoms. The monoisotopic (exact) mass is 308 g/mol. The van der Waals surface area contributed by atoms with Crippen LogP contribution in [0, 0.1) is 11.3 Å². The summed E-state index contributed by atoms with van der Waals surface area (Å²) in [7, 11) is 1.75. The largest absolute Gasteiger partial charge is 0.383 e. The topological polar surface area (TPSA) is 32.8 Å². The molecule has 4 nitrogen and oxygen atoms in total. The number of likely N-dealkylation sites (tertiary alicyclic amines) is 1. The summed E-state index contributed by atoms with van der Waals surface area (Å²) in [6, 6.07) is 1.04. The van der Waals surface area contributed by atoms with Gasteiger partial charge in [-0.15, -0.1) is 0 Å². The lowest BCUT2D eigenvalue weighted by Crippen LogP contribution is -2.52. The number of fused-ring (bicyclic) bond motifs is 2. The van der Waals surface area contributed by atoms with Gasteiger partial charge in [0.05, 0.1) is 6.61 Å². The van der Waals surface area contributed by atoms with Gasteiger partial charge < -0.3 is 14.5 Å². The van der Waals surface area contributed by atoms with Gasteiger partial charge in [-0.2, -0.15) is 0 Å². The van der Waals surface area contributed by atoms with Crippen LogP contribution < -0.4 is 0 Å². The van der Waals surface area contributed by atoms with Gasteiger partial charge in [0.2, 0.25) is 5.91 Å². The summed E-state index contributed by atoms with van der Waals surface area (Å²) >= 11 is 0. The Morgan fingerprint density at radius 3 is 2.23 bits per heavy atom. The number of rotatable bonds is 4. The Bertz CT molecular complexity index is 386. The maximum atomic E-state index is 13.0. The Balaban J connectivity index is 1.55. The van der Waals surface area contributed by atoms with Gasteiger partial charge in [0.15, 0.2) is 0 Å². The third kappa shape index (κ3) is 3.33. The van der Waals surface area contributed by atoms with Crippen molar-refractivity contribution in [1.29, 1.82) is 0 Å². The molecule has 0 radical (unpaired) electrons. The fraction of sp³-hybridized carbons (Fsp3) is 0.944. The molecule has 3 rings (SSSR count). The Morgan fingerprint density at radius 1 is 1.09 bits per heavy atom. The molecule has 2 atom stereocenters. The highest BCUT2D eigenvalue weighted by molar-refractivity contribution is 5.80. The van der Waals surface area contributed by atoms with Crippen molar-refractivity contribution in [2.24, 2.45) is 11.3 Å². The van der Waals surface area contributed by atoms with Crippen LogP contribution in [0.5, 0.6) is 0 Å². The van der Waals surface area contributed by atoms with Crippen molar-refractivity contribution in [2.45, 2.75) is 64.5 Å². The molecule has 126 valence electrons. The van der Waals surface area contributed by atoms with Crippen LogP contribution >= 0.6 is 0 Å². The summed E-state index contributed by atoms with van der Waals surface area (Å²) < 4.78 is 5.15. The molecule has 3 aliphatic heterocycles. The predicted octanol–water partition coefficient (Wildman–Crippen LogP) is 2.52. The summed E-state index contributed by atoms with van der Waals surface area (Å²) in [5.41, 5.74) is 0.423. The van der Waals surface area contributed by atoms with Crippen molar-refractivity contribution in [2.75, 3.05) is 33.4 Å². The number of methoxy groups -OCH3 is 1. The predicted molar refractivity (Wildman–Crippen MR) is 87.7 cm³/mol. The first-order valence-corrected chi connectivity index (χ1v) is 9.04. The van der Waals surface area contributed by atoms with E-state index >= 15 is 0 Å². The zero-order valence-corrected chi connectivity index (χ0v) is 14.5. The molecule has 3 heterocycles. The number of nitrogens with zero attached hydrogens (tertiary/aromatic N) is 2. The Labute approximate surface area is 135 Å². The van der Waals surface area contributed by atoms with Crippen LogP contribution in [0.15, 0.2) is 0 Å². The number of amides is 1. The summed E-state index contributed by atoms with van der Waals surface area (Å²) in [6.45, 7) is 8.64. The van der Waals surface area contributed by atoms with E-state index in [9.17, 15) is 4.79 Å². The fourth-order valence-corrected chi connectivity index (χ4v) is 4.92. The smallest absolute Gasteiger partial charge is 0.226 e. The van der Waals surface area contributed by atoms with Crippen molar-refractivity contribution in [3.63, 3.8) is 0 Å². The summed E-state index contributed by atoms with van der Waals surface area (Å²) in [5, 5.41) is 0. The van der Waals surface area contributed by atoms with E-state index in [1.807, 2.05) is 0 Å². The fourth-order valence-electron chi connectivity index (χ4n) is 4.92. The second kappa shape index (κ2) is 6.48. The zero-order chi connectivity index (χ0) is 15.7. The maximum absolute atomic E-state index is 13.0. The lowest BCUT2D eigenvalue weighted by atomic mass is 9.78. The Hall–Kier alpha value is -0.610. The second-order valence-corrected chi connectivity index (χ2v) is 8.31. The maximum Gasteiger partial charge on any atom is 0.226 e. The van der Waals surface area contributed by atoms with Crippen molar-refractivity contribution < 1.29 is 9.53 Å². The first kappa shape index (κ1) is 16.3. The van der Waals surface area contributed by atoms with Crippen LogP contribution in [0.2, 0.25) is 0 Å². The van der Waals surface area contributed by atoms with Gasteiger partial charge in [-0.25, -0.2) is 0 Å². The standard InChI is InChI=1S/C18H32N2O2/c1-18(2)12-15-4-5-16(13-18)20(15)17(21)14-6-8-19(9-7-14)10-11-22-3/h14-16H,4-13H2,1-3H3. The molecule has 1 amide bonds. The second-order valence-electron chi connectivity index (χ2n) is 8.31. The molecule has 0 aromatic rings. The van der Waals surface area contributed by atoms with Crippen molar-refractivity contribution >= 4 is 5.91 Å². The Kier molecular flexibility index (Phi) is 4.79. The van der Waals surface area contributed by atoms with Crippen molar-refractivity contribution in [3.05, 3.63) is 0 Å². The van der Waals surface area contributed by atoms with Gasteiger partial charge in [-0.1, -0.05) is 13.8 Å². The van der Waals surface area contributed by atoms with Gasteiger partial charge in [-0.05, 0) is 57.0 Å². The van der Waals surface area contributed by atoms with Gasteiger partial charge >= 0.3 is 0 Å². The third-order valence-electron chi connectivity index (χ3n) is 6.00. The average molecular weight is 308 g/mol. The molecule has 3 saturated heterocycles. The van der Waals surface area contributed by atoms with Crippen LogP contribution in [0.25, 0.3) is 0 Å². The Morgan fingerprint density at radius 2 is 1.68 bits per heavy atom. The minimum Gasteiger partial charge on any atom is -0.383 e. The van der Waals surface area contributed by atoms with E-state index in [0.29, 0.717) is 23.4 Å². The van der Waals surface area contributed by atoms with E-state index in [0.717, 1.165) is 39.1 Å². The molecule has 0 aromatic heterocycles. The molecular weight excluding hydrogens is 276 g/mol. The van der Waals surface area contributed by atoms with Crippen LogP contribution in [0.1, 0.15) is 52.4 Å². The van der Waals surface area contributed by atoms with E-state index in [2.05, 4.69) is 23.6 Å². The SMILES string of the molecule is COCCN1CCC(C(=O)N2C3CCC2CC(C)(C)C3)CC1. The van der Waals surface area contributed by atoms with Crippen LogP contribution in [-0.2, 0) is 9.53 Å². The van der Waals surface area contributed by atoms with Crippen LogP contribution in [0.4, 0.5) is 0 Å². The molecule has 0 aliphatic carbocycles. The first-order chi connectivity index (χ1) is 10.5. The summed E-state index contributed by atoms with van der Waals surface area (Å²) in [4.78, 5) is 17.8. The summed E-state index contributed by atoms with van der Waals surface area (Å²) in [5.74, 6) is 0.734. The molecule has 2 unspecified atom stereocenters. The van der Waals surface area contributed by atoms with Crippen LogP contribution in [0.3, 0.4) is 0 Å². The molecule has 0 saturated carbocycles. The first-order valence-electron chi connectivity index (χ1n) is 9.04. The highest BCUT2D eigenvalue weighted by Crippen LogP contribution is 2.45. The lowest BCUT2D eigenvalue weighted by molar-refractivity contribution is -0.143. The number of piperidine rings is 2.